The number of anilines is 3. The Hall–Kier alpha value is -3.19. The average Bonchev–Trinajstić information content (AvgIpc) is 2.70. The highest BCUT2D eigenvalue weighted by Crippen LogP contribution is 2.22. The van der Waals surface area contributed by atoms with E-state index in [2.05, 4.69) is 30.5 Å². The number of H-pyrrole nitrogens is 1. The summed E-state index contributed by atoms with van der Waals surface area (Å²) < 4.78 is 0. The summed E-state index contributed by atoms with van der Waals surface area (Å²) in [5.41, 5.74) is 2.86. The summed E-state index contributed by atoms with van der Waals surface area (Å²) in [6.45, 7) is 3.73. The number of nitrogens with one attached hydrogen (secondary N) is 3. The lowest BCUT2D eigenvalue weighted by Gasteiger charge is -2.27. The quantitative estimate of drug-likeness (QED) is 0.668. The van der Waals surface area contributed by atoms with Gasteiger partial charge in [-0.1, -0.05) is 12.1 Å². The van der Waals surface area contributed by atoms with Gasteiger partial charge in [-0.3, -0.25) is 4.79 Å². The van der Waals surface area contributed by atoms with E-state index in [1.807, 2.05) is 36.4 Å². The van der Waals surface area contributed by atoms with Gasteiger partial charge in [-0.2, -0.15) is 4.98 Å². The number of rotatable bonds is 4. The Labute approximate surface area is 151 Å². The highest BCUT2D eigenvalue weighted by molar-refractivity contribution is 5.67. The molecule has 0 spiro atoms. The molecule has 3 aromatic rings. The van der Waals surface area contributed by atoms with Crippen molar-refractivity contribution in [3.8, 4) is 11.1 Å². The normalized spacial score (nSPS) is 14.2. The number of pyridine rings is 1. The van der Waals surface area contributed by atoms with E-state index >= 15 is 0 Å². The Balaban J connectivity index is 1.48. The Morgan fingerprint density at radius 2 is 1.73 bits per heavy atom. The van der Waals surface area contributed by atoms with E-state index in [1.54, 1.807) is 12.4 Å². The number of hydrogen-bond acceptors (Lipinski definition) is 6. The van der Waals surface area contributed by atoms with Gasteiger partial charge in [0.05, 0.1) is 0 Å². The molecule has 132 valence electrons. The SMILES string of the molecule is O=c1ccc(-c2ccc(Nc3ccnc(N4CCNCC4)n3)cc2)c[nH]1. The summed E-state index contributed by atoms with van der Waals surface area (Å²) in [6, 6.07) is 13.2. The Morgan fingerprint density at radius 1 is 0.962 bits per heavy atom. The lowest BCUT2D eigenvalue weighted by atomic mass is 10.1. The molecule has 2 aromatic heterocycles. The summed E-state index contributed by atoms with van der Waals surface area (Å²) in [5.74, 6) is 1.52. The van der Waals surface area contributed by atoms with Crippen LogP contribution in [0.4, 0.5) is 17.5 Å². The second-order valence-corrected chi connectivity index (χ2v) is 6.12. The van der Waals surface area contributed by atoms with Gasteiger partial charge in [0, 0.05) is 50.3 Å². The lowest BCUT2D eigenvalue weighted by molar-refractivity contribution is 0.580. The summed E-state index contributed by atoms with van der Waals surface area (Å²) in [5, 5.41) is 6.65. The van der Waals surface area contributed by atoms with Crippen molar-refractivity contribution < 1.29 is 0 Å². The molecule has 0 aliphatic carbocycles. The van der Waals surface area contributed by atoms with Crippen LogP contribution in [0.15, 0.2) is 59.7 Å². The van der Waals surface area contributed by atoms with Gasteiger partial charge in [-0.05, 0) is 35.4 Å². The molecule has 0 bridgehead atoms. The molecule has 1 fully saturated rings. The van der Waals surface area contributed by atoms with Gasteiger partial charge < -0.3 is 20.5 Å². The van der Waals surface area contributed by atoms with Crippen LogP contribution in [0.1, 0.15) is 0 Å². The van der Waals surface area contributed by atoms with Crippen molar-refractivity contribution in [2.45, 2.75) is 0 Å². The molecule has 1 saturated heterocycles. The first-order valence-corrected chi connectivity index (χ1v) is 8.63. The average molecular weight is 348 g/mol. The molecule has 7 nitrogen and oxygen atoms in total. The Bertz CT molecular complexity index is 911. The summed E-state index contributed by atoms with van der Waals surface area (Å²) >= 11 is 0. The molecule has 0 unspecified atom stereocenters. The number of aromatic nitrogens is 3. The maximum absolute atomic E-state index is 11.2. The molecule has 3 N–H and O–H groups in total. The maximum Gasteiger partial charge on any atom is 0.247 e. The highest BCUT2D eigenvalue weighted by Gasteiger charge is 2.13. The van der Waals surface area contributed by atoms with Crippen LogP contribution in [0.2, 0.25) is 0 Å². The zero-order valence-corrected chi connectivity index (χ0v) is 14.3. The summed E-state index contributed by atoms with van der Waals surface area (Å²) in [4.78, 5) is 25.0. The van der Waals surface area contributed by atoms with E-state index in [4.69, 9.17) is 0 Å². The van der Waals surface area contributed by atoms with Crippen LogP contribution in [0.5, 0.6) is 0 Å². The Morgan fingerprint density at radius 3 is 2.46 bits per heavy atom. The van der Waals surface area contributed by atoms with E-state index in [-0.39, 0.29) is 5.56 Å². The van der Waals surface area contributed by atoms with Crippen molar-refractivity contribution in [1.82, 2.24) is 20.3 Å². The van der Waals surface area contributed by atoms with E-state index in [9.17, 15) is 4.79 Å². The van der Waals surface area contributed by atoms with Crippen molar-refractivity contribution in [3.63, 3.8) is 0 Å². The lowest BCUT2D eigenvalue weighted by Crippen LogP contribution is -2.44. The van der Waals surface area contributed by atoms with Crippen LogP contribution >= 0.6 is 0 Å². The minimum absolute atomic E-state index is 0.101. The Kier molecular flexibility index (Phi) is 4.61. The third-order valence-corrected chi connectivity index (χ3v) is 4.32. The van der Waals surface area contributed by atoms with Crippen LogP contribution in [0.25, 0.3) is 11.1 Å². The number of nitrogens with zero attached hydrogens (tertiary/aromatic N) is 3. The molecular formula is C19H20N6O. The van der Waals surface area contributed by atoms with Crippen LogP contribution in [-0.4, -0.2) is 41.1 Å². The van der Waals surface area contributed by atoms with Crippen LogP contribution in [-0.2, 0) is 0 Å². The minimum Gasteiger partial charge on any atom is -0.340 e. The molecule has 0 atom stereocenters. The van der Waals surface area contributed by atoms with Gasteiger partial charge >= 0.3 is 0 Å². The van der Waals surface area contributed by atoms with Crippen molar-refractivity contribution in [1.29, 1.82) is 0 Å². The predicted molar refractivity (Wildman–Crippen MR) is 103 cm³/mol. The number of hydrogen-bond donors (Lipinski definition) is 3. The third kappa shape index (κ3) is 3.73. The van der Waals surface area contributed by atoms with Crippen molar-refractivity contribution >= 4 is 17.5 Å². The highest BCUT2D eigenvalue weighted by atomic mass is 16.1. The first-order valence-electron chi connectivity index (χ1n) is 8.63. The van der Waals surface area contributed by atoms with Crippen molar-refractivity contribution in [2.75, 3.05) is 36.4 Å². The van der Waals surface area contributed by atoms with Gasteiger partial charge in [0.1, 0.15) is 5.82 Å². The standard InChI is InChI=1S/C19H20N6O/c26-18-6-3-15(13-22-18)14-1-4-16(5-2-14)23-17-7-8-21-19(24-17)25-11-9-20-10-12-25/h1-8,13,20H,9-12H2,(H,22,26)(H,21,23,24). The molecule has 4 rings (SSSR count). The van der Waals surface area contributed by atoms with Gasteiger partial charge in [0.25, 0.3) is 0 Å². The molecule has 1 aromatic carbocycles. The van der Waals surface area contributed by atoms with Gasteiger partial charge in [0.15, 0.2) is 0 Å². The fourth-order valence-corrected chi connectivity index (χ4v) is 2.92. The van der Waals surface area contributed by atoms with E-state index in [0.717, 1.165) is 54.8 Å². The molecule has 1 aliphatic rings. The van der Waals surface area contributed by atoms with Gasteiger partial charge in [0.2, 0.25) is 11.5 Å². The molecule has 26 heavy (non-hydrogen) atoms. The first-order chi connectivity index (χ1) is 12.8. The van der Waals surface area contributed by atoms with E-state index in [0.29, 0.717) is 0 Å². The predicted octanol–water partition coefficient (Wildman–Crippen LogP) is 1.99. The largest absolute Gasteiger partial charge is 0.340 e. The molecule has 7 heteroatoms. The van der Waals surface area contributed by atoms with Crippen LogP contribution < -0.4 is 21.1 Å². The van der Waals surface area contributed by atoms with Gasteiger partial charge in [-0.15, -0.1) is 0 Å². The smallest absolute Gasteiger partial charge is 0.247 e. The van der Waals surface area contributed by atoms with Crippen molar-refractivity contribution in [2.24, 2.45) is 0 Å². The molecular weight excluding hydrogens is 328 g/mol. The molecule has 0 amide bonds. The summed E-state index contributed by atoms with van der Waals surface area (Å²) in [6.07, 6.45) is 3.50. The van der Waals surface area contributed by atoms with E-state index < -0.39 is 0 Å². The number of benzene rings is 1. The second kappa shape index (κ2) is 7.37. The summed E-state index contributed by atoms with van der Waals surface area (Å²) in [7, 11) is 0. The maximum atomic E-state index is 11.2. The van der Waals surface area contributed by atoms with Crippen LogP contribution in [0, 0.1) is 0 Å². The second-order valence-electron chi connectivity index (χ2n) is 6.12. The van der Waals surface area contributed by atoms with Crippen LogP contribution in [0.3, 0.4) is 0 Å². The number of aromatic amines is 1. The zero-order chi connectivity index (χ0) is 17.8. The molecule has 0 radical (unpaired) electrons. The van der Waals surface area contributed by atoms with Gasteiger partial charge in [-0.25, -0.2) is 4.98 Å². The fourth-order valence-electron chi connectivity index (χ4n) is 2.92. The monoisotopic (exact) mass is 348 g/mol. The third-order valence-electron chi connectivity index (χ3n) is 4.32. The fraction of sp³-hybridized carbons (Fsp3) is 0.211. The van der Waals surface area contributed by atoms with E-state index in [1.165, 1.54) is 6.07 Å². The first kappa shape index (κ1) is 16.3. The zero-order valence-electron chi connectivity index (χ0n) is 14.3. The number of piperazine rings is 1. The molecule has 0 saturated carbocycles. The topological polar surface area (TPSA) is 85.9 Å². The minimum atomic E-state index is -0.101. The molecule has 3 heterocycles. The molecule has 1 aliphatic heterocycles. The van der Waals surface area contributed by atoms with Crippen molar-refractivity contribution in [3.05, 3.63) is 65.2 Å².